The van der Waals surface area contributed by atoms with Gasteiger partial charge in [-0.25, -0.2) is 0 Å². The van der Waals surface area contributed by atoms with Crippen LogP contribution in [0.1, 0.15) is 17.2 Å². The maximum atomic E-state index is 6.29. The SMILES string of the molecule is ClCC[NH+](CCCl)[C@@H]1Cc2ccccc2Sc2ccc(Cl)cc21. The van der Waals surface area contributed by atoms with Crippen LogP contribution in [-0.4, -0.2) is 24.8 Å². The second-order valence-electron chi connectivity index (χ2n) is 5.68. The summed E-state index contributed by atoms with van der Waals surface area (Å²) in [5.41, 5.74) is 2.69. The molecule has 2 aromatic rings. The van der Waals surface area contributed by atoms with Crippen LogP contribution >= 0.6 is 46.6 Å². The summed E-state index contributed by atoms with van der Waals surface area (Å²) in [6.45, 7) is 1.80. The van der Waals surface area contributed by atoms with Crippen molar-refractivity contribution in [3.63, 3.8) is 0 Å². The molecule has 3 rings (SSSR count). The van der Waals surface area contributed by atoms with E-state index in [4.69, 9.17) is 34.8 Å². The molecular weight excluding hydrogens is 369 g/mol. The quantitative estimate of drug-likeness (QED) is 0.743. The van der Waals surface area contributed by atoms with Gasteiger partial charge in [0.05, 0.1) is 24.8 Å². The molecule has 0 bridgehead atoms. The Kier molecular flexibility index (Phi) is 6.17. The zero-order valence-electron chi connectivity index (χ0n) is 12.7. The minimum atomic E-state index is 0.331. The first-order chi connectivity index (χ1) is 11.2. The zero-order valence-corrected chi connectivity index (χ0v) is 15.8. The van der Waals surface area contributed by atoms with Gasteiger partial charge in [-0.2, -0.15) is 0 Å². The Morgan fingerprint density at radius 1 is 1.00 bits per heavy atom. The van der Waals surface area contributed by atoms with Crippen LogP contribution < -0.4 is 4.90 Å². The monoisotopic (exact) mass is 386 g/mol. The highest BCUT2D eigenvalue weighted by Crippen LogP contribution is 2.40. The normalized spacial score (nSPS) is 16.8. The number of rotatable bonds is 5. The number of alkyl halides is 2. The lowest BCUT2D eigenvalue weighted by Gasteiger charge is -2.28. The van der Waals surface area contributed by atoms with Gasteiger partial charge in [0.2, 0.25) is 0 Å². The molecule has 1 atom stereocenters. The molecule has 0 aromatic heterocycles. The van der Waals surface area contributed by atoms with E-state index in [9.17, 15) is 0 Å². The Labute approximate surface area is 156 Å². The Morgan fingerprint density at radius 3 is 2.48 bits per heavy atom. The molecule has 23 heavy (non-hydrogen) atoms. The van der Waals surface area contributed by atoms with Crippen molar-refractivity contribution in [2.24, 2.45) is 0 Å². The highest BCUT2D eigenvalue weighted by molar-refractivity contribution is 7.99. The Balaban J connectivity index is 2.07. The Morgan fingerprint density at radius 2 is 1.74 bits per heavy atom. The number of benzene rings is 2. The molecule has 1 aliphatic rings. The number of quaternary nitrogens is 1. The molecule has 2 aromatic carbocycles. The summed E-state index contributed by atoms with van der Waals surface area (Å²) in [5, 5.41) is 0.788. The average Bonchev–Trinajstić information content (AvgIpc) is 2.71. The third-order valence-corrected chi connectivity index (χ3v) is 6.11. The Bertz CT molecular complexity index is 671. The van der Waals surface area contributed by atoms with Crippen LogP contribution in [0.25, 0.3) is 0 Å². The van der Waals surface area contributed by atoms with Crippen molar-refractivity contribution in [3.8, 4) is 0 Å². The molecule has 0 amide bonds. The summed E-state index contributed by atoms with van der Waals surface area (Å²) in [4.78, 5) is 4.04. The fourth-order valence-corrected chi connectivity index (χ4v) is 4.97. The zero-order chi connectivity index (χ0) is 16.2. The molecule has 1 aliphatic heterocycles. The molecule has 0 radical (unpaired) electrons. The molecular formula is C18H19Cl3NS+. The van der Waals surface area contributed by atoms with E-state index in [0.29, 0.717) is 17.8 Å². The van der Waals surface area contributed by atoms with Crippen molar-refractivity contribution in [2.45, 2.75) is 22.3 Å². The summed E-state index contributed by atoms with van der Waals surface area (Å²) >= 11 is 20.2. The van der Waals surface area contributed by atoms with Gasteiger partial charge >= 0.3 is 0 Å². The fourth-order valence-electron chi connectivity index (χ4n) is 3.19. The minimum Gasteiger partial charge on any atom is -0.326 e. The lowest BCUT2D eigenvalue weighted by atomic mass is 9.97. The fraction of sp³-hybridized carbons (Fsp3) is 0.333. The van der Waals surface area contributed by atoms with Gasteiger partial charge in [-0.3, -0.25) is 0 Å². The van der Waals surface area contributed by atoms with Crippen LogP contribution in [0.3, 0.4) is 0 Å². The van der Waals surface area contributed by atoms with Crippen LogP contribution in [-0.2, 0) is 6.42 Å². The average molecular weight is 388 g/mol. The van der Waals surface area contributed by atoms with Gasteiger partial charge in [-0.05, 0) is 29.8 Å². The maximum Gasteiger partial charge on any atom is 0.118 e. The Hall–Kier alpha value is -0.380. The topological polar surface area (TPSA) is 4.44 Å². The lowest BCUT2D eigenvalue weighted by Crippen LogP contribution is -3.13. The second-order valence-corrected chi connectivity index (χ2v) is 7.96. The highest BCUT2D eigenvalue weighted by Gasteiger charge is 2.30. The van der Waals surface area contributed by atoms with Crippen LogP contribution in [0.15, 0.2) is 52.3 Å². The molecule has 0 spiro atoms. The van der Waals surface area contributed by atoms with Gasteiger partial charge in [-0.1, -0.05) is 41.6 Å². The van der Waals surface area contributed by atoms with Gasteiger partial charge < -0.3 is 4.90 Å². The van der Waals surface area contributed by atoms with E-state index in [0.717, 1.165) is 24.5 Å². The second kappa shape index (κ2) is 8.13. The maximum absolute atomic E-state index is 6.29. The summed E-state index contributed by atoms with van der Waals surface area (Å²) in [6, 6.07) is 15.2. The number of nitrogens with one attached hydrogen (secondary N) is 1. The number of fused-ring (bicyclic) bond motifs is 2. The third kappa shape index (κ3) is 4.00. The summed E-state index contributed by atoms with van der Waals surface area (Å²) in [5.74, 6) is 1.26. The van der Waals surface area contributed by atoms with Crippen LogP contribution in [0.5, 0.6) is 0 Å². The molecule has 0 saturated heterocycles. The number of hydrogen-bond acceptors (Lipinski definition) is 1. The molecule has 0 aliphatic carbocycles. The first kappa shape index (κ1) is 17.4. The standard InChI is InChI=1S/C18H18Cl3NS/c19-7-9-22(10-8-20)16-11-13-3-1-2-4-17(13)23-18-6-5-14(21)12-15(16)18/h1-6,12,16H,7-11H2/p+1/t16-/m1/s1. The molecule has 1 N–H and O–H groups in total. The summed E-state index contributed by atoms with van der Waals surface area (Å²) in [7, 11) is 0. The molecule has 0 unspecified atom stereocenters. The van der Waals surface area contributed by atoms with Gasteiger partial charge in [0, 0.05) is 26.8 Å². The van der Waals surface area contributed by atoms with Crippen molar-refractivity contribution in [2.75, 3.05) is 24.8 Å². The van der Waals surface area contributed by atoms with Gasteiger partial charge in [-0.15, -0.1) is 23.2 Å². The van der Waals surface area contributed by atoms with Crippen LogP contribution in [0, 0.1) is 0 Å². The minimum absolute atomic E-state index is 0.331. The van der Waals surface area contributed by atoms with Crippen LogP contribution in [0.2, 0.25) is 5.02 Å². The van der Waals surface area contributed by atoms with E-state index in [1.54, 1.807) is 0 Å². The number of hydrogen-bond donors (Lipinski definition) is 1. The molecule has 0 saturated carbocycles. The van der Waals surface area contributed by atoms with Crippen molar-refractivity contribution in [3.05, 3.63) is 58.6 Å². The van der Waals surface area contributed by atoms with Gasteiger partial charge in [0.25, 0.3) is 0 Å². The first-order valence-electron chi connectivity index (χ1n) is 7.74. The largest absolute Gasteiger partial charge is 0.326 e. The van der Waals surface area contributed by atoms with E-state index < -0.39 is 0 Å². The van der Waals surface area contributed by atoms with E-state index in [-0.39, 0.29) is 0 Å². The van der Waals surface area contributed by atoms with E-state index >= 15 is 0 Å². The van der Waals surface area contributed by atoms with Crippen LogP contribution in [0.4, 0.5) is 0 Å². The van der Waals surface area contributed by atoms with Crippen molar-refractivity contribution in [1.29, 1.82) is 0 Å². The predicted octanol–water partition coefficient (Wildman–Crippen LogP) is 4.45. The molecule has 122 valence electrons. The summed E-state index contributed by atoms with van der Waals surface area (Å²) in [6.07, 6.45) is 0.986. The van der Waals surface area contributed by atoms with E-state index in [1.807, 2.05) is 17.8 Å². The van der Waals surface area contributed by atoms with Gasteiger partial charge in [0.15, 0.2) is 0 Å². The van der Waals surface area contributed by atoms with E-state index in [2.05, 4.69) is 36.4 Å². The van der Waals surface area contributed by atoms with Crippen molar-refractivity contribution >= 4 is 46.6 Å². The highest BCUT2D eigenvalue weighted by atomic mass is 35.5. The number of halogens is 3. The summed E-state index contributed by atoms with van der Waals surface area (Å²) < 4.78 is 0. The van der Waals surface area contributed by atoms with Crippen molar-refractivity contribution < 1.29 is 4.90 Å². The van der Waals surface area contributed by atoms with Gasteiger partial charge in [0.1, 0.15) is 6.04 Å². The van der Waals surface area contributed by atoms with Crippen molar-refractivity contribution in [1.82, 2.24) is 0 Å². The predicted molar refractivity (Wildman–Crippen MR) is 101 cm³/mol. The third-order valence-electron chi connectivity index (χ3n) is 4.29. The molecule has 1 nitrogen and oxygen atoms in total. The smallest absolute Gasteiger partial charge is 0.118 e. The lowest BCUT2D eigenvalue weighted by molar-refractivity contribution is -0.927. The molecule has 1 heterocycles. The first-order valence-corrected chi connectivity index (χ1v) is 10.0. The molecule has 0 fully saturated rings. The van der Waals surface area contributed by atoms with E-state index in [1.165, 1.54) is 25.8 Å². The molecule has 5 heteroatoms.